The Labute approximate surface area is 152 Å². The molecule has 0 spiro atoms. The van der Waals surface area contributed by atoms with Crippen LogP contribution < -0.4 is 4.90 Å². The highest BCUT2D eigenvalue weighted by Gasteiger charge is 2.22. The minimum Gasteiger partial charge on any atom is -0.338 e. The summed E-state index contributed by atoms with van der Waals surface area (Å²) >= 11 is 0. The van der Waals surface area contributed by atoms with Crippen molar-refractivity contribution in [1.29, 1.82) is 0 Å². The van der Waals surface area contributed by atoms with Crippen molar-refractivity contribution in [3.8, 4) is 0 Å². The van der Waals surface area contributed by atoms with Crippen molar-refractivity contribution in [2.45, 2.75) is 19.5 Å². The summed E-state index contributed by atoms with van der Waals surface area (Å²) < 4.78 is 26.9. The Morgan fingerprint density at radius 3 is 2.65 bits per heavy atom. The molecule has 0 unspecified atom stereocenters. The van der Waals surface area contributed by atoms with Crippen LogP contribution in [0, 0.1) is 11.6 Å². The molecule has 2 aliphatic rings. The van der Waals surface area contributed by atoms with Crippen molar-refractivity contribution >= 4 is 5.95 Å². The summed E-state index contributed by atoms with van der Waals surface area (Å²) in [7, 11) is 2.13. The third-order valence-electron chi connectivity index (χ3n) is 5.20. The summed E-state index contributed by atoms with van der Waals surface area (Å²) in [6.07, 6.45) is 2.73. The molecule has 0 N–H and O–H groups in total. The lowest BCUT2D eigenvalue weighted by Gasteiger charge is -2.33. The average Bonchev–Trinajstić information content (AvgIpc) is 2.64. The lowest BCUT2D eigenvalue weighted by atomic mass is 10.1. The Hall–Kier alpha value is -2.12. The van der Waals surface area contributed by atoms with Gasteiger partial charge in [-0.25, -0.2) is 18.7 Å². The van der Waals surface area contributed by atoms with Gasteiger partial charge in [-0.1, -0.05) is 6.07 Å². The first-order valence-corrected chi connectivity index (χ1v) is 9.03. The third-order valence-corrected chi connectivity index (χ3v) is 5.20. The van der Waals surface area contributed by atoms with E-state index >= 15 is 0 Å². The smallest absolute Gasteiger partial charge is 0.225 e. The number of fused-ring (bicyclic) bond motifs is 1. The number of halogens is 2. The van der Waals surface area contributed by atoms with Gasteiger partial charge in [0.05, 0.1) is 5.69 Å². The van der Waals surface area contributed by atoms with Crippen LogP contribution in [0.25, 0.3) is 0 Å². The quantitative estimate of drug-likeness (QED) is 0.838. The molecule has 7 heteroatoms. The molecule has 2 aromatic rings. The summed E-state index contributed by atoms with van der Waals surface area (Å²) in [5.41, 5.74) is 2.70. The molecule has 26 heavy (non-hydrogen) atoms. The van der Waals surface area contributed by atoms with Crippen LogP contribution in [-0.4, -0.2) is 59.5 Å². The first-order chi connectivity index (χ1) is 12.6. The fourth-order valence-electron chi connectivity index (χ4n) is 3.55. The molecule has 3 heterocycles. The molecule has 1 aromatic heterocycles. The van der Waals surface area contributed by atoms with E-state index in [4.69, 9.17) is 4.98 Å². The molecule has 1 fully saturated rings. The van der Waals surface area contributed by atoms with Crippen LogP contribution >= 0.6 is 0 Å². The maximum absolute atomic E-state index is 13.9. The van der Waals surface area contributed by atoms with Gasteiger partial charge in [-0.3, -0.25) is 4.90 Å². The Morgan fingerprint density at radius 1 is 1.08 bits per heavy atom. The number of benzene rings is 1. The largest absolute Gasteiger partial charge is 0.338 e. The molecule has 2 aliphatic heterocycles. The van der Waals surface area contributed by atoms with Crippen LogP contribution in [0.5, 0.6) is 0 Å². The van der Waals surface area contributed by atoms with E-state index in [1.165, 1.54) is 12.1 Å². The molecule has 0 aliphatic carbocycles. The minimum absolute atomic E-state index is 0.464. The summed E-state index contributed by atoms with van der Waals surface area (Å²) in [5.74, 6) is -0.215. The van der Waals surface area contributed by atoms with Gasteiger partial charge in [0, 0.05) is 75.6 Å². The standard InChI is InChI=1S/C19H23F2N5/c1-24-6-8-26(9-7-24)19-22-11-15-13-25(5-4-18(15)23-19)12-14-2-3-16(20)10-17(14)21/h2-3,10-11H,4-9,12-13H2,1H3. The maximum atomic E-state index is 13.9. The zero-order valence-corrected chi connectivity index (χ0v) is 15.0. The second kappa shape index (κ2) is 7.25. The van der Waals surface area contributed by atoms with Crippen molar-refractivity contribution < 1.29 is 8.78 Å². The van der Waals surface area contributed by atoms with Crippen molar-refractivity contribution in [1.82, 2.24) is 19.8 Å². The number of hydrogen-bond acceptors (Lipinski definition) is 5. The number of anilines is 1. The normalized spacial score (nSPS) is 18.8. The average molecular weight is 359 g/mol. The van der Waals surface area contributed by atoms with E-state index in [0.717, 1.165) is 62.4 Å². The maximum Gasteiger partial charge on any atom is 0.225 e. The van der Waals surface area contributed by atoms with Gasteiger partial charge in [0.2, 0.25) is 5.95 Å². The van der Waals surface area contributed by atoms with Gasteiger partial charge in [-0.15, -0.1) is 0 Å². The fraction of sp³-hybridized carbons (Fsp3) is 0.474. The van der Waals surface area contributed by atoms with Crippen molar-refractivity contribution in [3.05, 3.63) is 52.9 Å². The molecule has 138 valence electrons. The van der Waals surface area contributed by atoms with Gasteiger partial charge >= 0.3 is 0 Å². The van der Waals surface area contributed by atoms with E-state index in [1.54, 1.807) is 0 Å². The zero-order valence-electron chi connectivity index (χ0n) is 15.0. The SMILES string of the molecule is CN1CCN(c2ncc3c(n2)CCN(Cc2ccc(F)cc2F)C3)CC1. The van der Waals surface area contributed by atoms with Crippen LogP contribution in [0.15, 0.2) is 24.4 Å². The van der Waals surface area contributed by atoms with Gasteiger partial charge in [-0.05, 0) is 13.1 Å². The monoisotopic (exact) mass is 359 g/mol. The Kier molecular flexibility index (Phi) is 4.82. The van der Waals surface area contributed by atoms with Crippen LogP contribution in [0.1, 0.15) is 16.8 Å². The highest BCUT2D eigenvalue weighted by atomic mass is 19.1. The number of likely N-dealkylation sites (N-methyl/N-ethyl adjacent to an activating group) is 1. The molecule has 1 saturated heterocycles. The molecule has 0 bridgehead atoms. The predicted octanol–water partition coefficient (Wildman–Crippen LogP) is 2.06. The Bertz CT molecular complexity index is 789. The molecule has 5 nitrogen and oxygen atoms in total. The number of nitrogens with zero attached hydrogens (tertiary/aromatic N) is 5. The number of aromatic nitrogens is 2. The third kappa shape index (κ3) is 3.68. The van der Waals surface area contributed by atoms with Gasteiger partial charge < -0.3 is 9.80 Å². The molecule has 0 radical (unpaired) electrons. The van der Waals surface area contributed by atoms with Gasteiger partial charge in [0.25, 0.3) is 0 Å². The molecule has 0 atom stereocenters. The van der Waals surface area contributed by atoms with E-state index in [1.807, 2.05) is 6.20 Å². The molecular formula is C19H23F2N5. The molecule has 0 amide bonds. The summed E-state index contributed by atoms with van der Waals surface area (Å²) in [6, 6.07) is 3.77. The number of piperazine rings is 1. The van der Waals surface area contributed by atoms with Crippen LogP contribution in [0.4, 0.5) is 14.7 Å². The van der Waals surface area contributed by atoms with E-state index < -0.39 is 11.6 Å². The first-order valence-electron chi connectivity index (χ1n) is 9.03. The van der Waals surface area contributed by atoms with Crippen molar-refractivity contribution in [3.63, 3.8) is 0 Å². The molecule has 0 saturated carbocycles. The van der Waals surface area contributed by atoms with Crippen molar-refractivity contribution in [2.24, 2.45) is 0 Å². The van der Waals surface area contributed by atoms with Crippen LogP contribution in [0.2, 0.25) is 0 Å². The number of hydrogen-bond donors (Lipinski definition) is 0. The topological polar surface area (TPSA) is 35.5 Å². The van der Waals surface area contributed by atoms with Crippen molar-refractivity contribution in [2.75, 3.05) is 44.7 Å². The summed E-state index contributed by atoms with van der Waals surface area (Å²) in [5, 5.41) is 0. The lowest BCUT2D eigenvalue weighted by Crippen LogP contribution is -2.45. The Morgan fingerprint density at radius 2 is 1.88 bits per heavy atom. The highest BCUT2D eigenvalue weighted by molar-refractivity contribution is 5.35. The fourth-order valence-corrected chi connectivity index (χ4v) is 3.55. The second-order valence-electron chi connectivity index (χ2n) is 7.13. The van der Waals surface area contributed by atoms with Crippen LogP contribution in [0.3, 0.4) is 0 Å². The minimum atomic E-state index is -0.542. The summed E-state index contributed by atoms with van der Waals surface area (Å²) in [6.45, 7) is 5.91. The lowest BCUT2D eigenvalue weighted by molar-refractivity contribution is 0.239. The van der Waals surface area contributed by atoms with Gasteiger partial charge in [0.15, 0.2) is 0 Å². The second-order valence-corrected chi connectivity index (χ2v) is 7.13. The Balaban J connectivity index is 1.44. The van der Waals surface area contributed by atoms with E-state index in [0.29, 0.717) is 18.7 Å². The molecular weight excluding hydrogens is 336 g/mol. The molecule has 1 aromatic carbocycles. The van der Waals surface area contributed by atoms with Gasteiger partial charge in [0.1, 0.15) is 11.6 Å². The van der Waals surface area contributed by atoms with E-state index in [9.17, 15) is 8.78 Å². The predicted molar refractivity (Wildman–Crippen MR) is 95.9 cm³/mol. The molecule has 4 rings (SSSR count). The van der Waals surface area contributed by atoms with Gasteiger partial charge in [-0.2, -0.15) is 0 Å². The van der Waals surface area contributed by atoms with Crippen LogP contribution in [-0.2, 0) is 19.5 Å². The highest BCUT2D eigenvalue weighted by Crippen LogP contribution is 2.22. The zero-order chi connectivity index (χ0) is 18.1. The summed E-state index contributed by atoms with van der Waals surface area (Å²) in [4.78, 5) is 16.0. The number of rotatable bonds is 3. The first kappa shape index (κ1) is 17.3. The van der Waals surface area contributed by atoms with E-state index in [2.05, 4.69) is 26.7 Å². The van der Waals surface area contributed by atoms with E-state index in [-0.39, 0.29) is 0 Å².